The fraction of sp³-hybridized carbons (Fsp3) is 0.294. The van der Waals surface area contributed by atoms with Crippen LogP contribution in [0.2, 0.25) is 0 Å². The SMILES string of the molecule is CCC1Oc2ccc(N)nc2N(CCOc2ccc(N)cc2)C1=O. The maximum absolute atomic E-state index is 12.6. The predicted octanol–water partition coefficient (Wildman–Crippen LogP) is 1.83. The summed E-state index contributed by atoms with van der Waals surface area (Å²) in [5.74, 6) is 1.89. The second-order valence-electron chi connectivity index (χ2n) is 5.48. The number of pyridine rings is 1. The molecule has 1 aliphatic rings. The molecule has 2 heterocycles. The Balaban J connectivity index is 1.74. The Morgan fingerprint density at radius 3 is 2.67 bits per heavy atom. The minimum absolute atomic E-state index is 0.135. The summed E-state index contributed by atoms with van der Waals surface area (Å²) >= 11 is 0. The van der Waals surface area contributed by atoms with E-state index in [1.807, 2.05) is 6.92 Å². The second kappa shape index (κ2) is 6.66. The number of hydrogen-bond donors (Lipinski definition) is 2. The van der Waals surface area contributed by atoms with Crippen LogP contribution in [0.4, 0.5) is 17.3 Å². The lowest BCUT2D eigenvalue weighted by Gasteiger charge is -2.33. The number of carbonyl (C=O) groups excluding carboxylic acids is 1. The zero-order valence-electron chi connectivity index (χ0n) is 13.4. The van der Waals surface area contributed by atoms with Crippen molar-refractivity contribution in [2.24, 2.45) is 0 Å². The maximum Gasteiger partial charge on any atom is 0.269 e. The number of rotatable bonds is 5. The highest BCUT2D eigenvalue weighted by Gasteiger charge is 2.34. The molecule has 2 aromatic rings. The topological polar surface area (TPSA) is 104 Å². The van der Waals surface area contributed by atoms with Crippen molar-refractivity contribution < 1.29 is 14.3 Å². The third-order valence-electron chi connectivity index (χ3n) is 3.76. The van der Waals surface area contributed by atoms with Crippen LogP contribution >= 0.6 is 0 Å². The highest BCUT2D eigenvalue weighted by Crippen LogP contribution is 2.33. The standard InChI is InChI=1S/C17H20N4O3/c1-2-13-17(22)21(16-14(24-13)7-8-15(19)20-16)9-10-23-12-5-3-11(18)4-6-12/h3-8,13H,2,9-10,18H2,1H3,(H2,19,20). The van der Waals surface area contributed by atoms with E-state index in [-0.39, 0.29) is 5.91 Å². The van der Waals surface area contributed by atoms with Crippen LogP contribution < -0.4 is 25.8 Å². The molecule has 1 aliphatic heterocycles. The summed E-state index contributed by atoms with van der Waals surface area (Å²) in [7, 11) is 0. The van der Waals surface area contributed by atoms with E-state index < -0.39 is 6.10 Å². The zero-order chi connectivity index (χ0) is 17.1. The minimum atomic E-state index is -0.514. The first-order valence-corrected chi connectivity index (χ1v) is 7.81. The van der Waals surface area contributed by atoms with Gasteiger partial charge in [0.05, 0.1) is 6.54 Å². The number of amides is 1. The molecule has 1 aromatic heterocycles. The van der Waals surface area contributed by atoms with E-state index in [0.29, 0.717) is 48.4 Å². The molecule has 0 radical (unpaired) electrons. The number of carbonyl (C=O) groups is 1. The summed E-state index contributed by atoms with van der Waals surface area (Å²) in [6.45, 7) is 2.58. The number of nitrogens with zero attached hydrogens (tertiary/aromatic N) is 2. The average Bonchev–Trinajstić information content (AvgIpc) is 2.58. The Hall–Kier alpha value is -2.96. The first-order chi connectivity index (χ1) is 11.6. The number of aromatic nitrogens is 1. The summed E-state index contributed by atoms with van der Waals surface area (Å²) in [6.07, 6.45) is 0.0669. The fourth-order valence-corrected chi connectivity index (χ4v) is 2.51. The average molecular weight is 328 g/mol. The van der Waals surface area contributed by atoms with Crippen molar-refractivity contribution in [1.82, 2.24) is 4.98 Å². The molecular weight excluding hydrogens is 308 g/mol. The molecule has 1 amide bonds. The third kappa shape index (κ3) is 3.19. The van der Waals surface area contributed by atoms with Crippen LogP contribution in [0.1, 0.15) is 13.3 Å². The second-order valence-corrected chi connectivity index (χ2v) is 5.48. The highest BCUT2D eigenvalue weighted by molar-refractivity contribution is 5.99. The molecule has 4 N–H and O–H groups in total. The zero-order valence-corrected chi connectivity index (χ0v) is 13.4. The van der Waals surface area contributed by atoms with Crippen molar-refractivity contribution in [2.45, 2.75) is 19.4 Å². The lowest BCUT2D eigenvalue weighted by atomic mass is 10.2. The van der Waals surface area contributed by atoms with E-state index in [0.717, 1.165) is 0 Å². The lowest BCUT2D eigenvalue weighted by Crippen LogP contribution is -2.47. The normalized spacial score (nSPS) is 16.5. The van der Waals surface area contributed by atoms with Gasteiger partial charge in [0, 0.05) is 5.69 Å². The molecule has 1 aromatic carbocycles. The van der Waals surface area contributed by atoms with Crippen LogP contribution in [0.15, 0.2) is 36.4 Å². The van der Waals surface area contributed by atoms with E-state index in [1.165, 1.54) is 0 Å². The molecular formula is C17H20N4O3. The summed E-state index contributed by atoms with van der Waals surface area (Å²) in [5.41, 5.74) is 12.1. The van der Waals surface area contributed by atoms with Crippen molar-refractivity contribution in [1.29, 1.82) is 0 Å². The quantitative estimate of drug-likeness (QED) is 0.812. The number of nitrogen functional groups attached to an aromatic ring is 2. The van der Waals surface area contributed by atoms with Crippen molar-refractivity contribution in [3.8, 4) is 11.5 Å². The van der Waals surface area contributed by atoms with Gasteiger partial charge >= 0.3 is 0 Å². The Morgan fingerprint density at radius 1 is 1.21 bits per heavy atom. The predicted molar refractivity (Wildman–Crippen MR) is 92.1 cm³/mol. The van der Waals surface area contributed by atoms with Gasteiger partial charge in [-0.1, -0.05) is 6.92 Å². The minimum Gasteiger partial charge on any atom is -0.492 e. The molecule has 1 atom stereocenters. The van der Waals surface area contributed by atoms with E-state index in [2.05, 4.69) is 4.98 Å². The molecule has 0 aliphatic carbocycles. The van der Waals surface area contributed by atoms with Gasteiger partial charge in [-0.15, -0.1) is 0 Å². The molecule has 7 heteroatoms. The monoisotopic (exact) mass is 328 g/mol. The van der Waals surface area contributed by atoms with Gasteiger partial charge in [0.1, 0.15) is 18.2 Å². The van der Waals surface area contributed by atoms with Crippen LogP contribution in [0.5, 0.6) is 11.5 Å². The third-order valence-corrected chi connectivity index (χ3v) is 3.76. The number of anilines is 3. The molecule has 24 heavy (non-hydrogen) atoms. The van der Waals surface area contributed by atoms with Gasteiger partial charge in [-0.2, -0.15) is 0 Å². The number of ether oxygens (including phenoxy) is 2. The molecule has 0 saturated carbocycles. The molecule has 7 nitrogen and oxygen atoms in total. The van der Waals surface area contributed by atoms with Gasteiger partial charge in [-0.3, -0.25) is 9.69 Å². The molecule has 126 valence electrons. The lowest BCUT2D eigenvalue weighted by molar-refractivity contribution is -0.126. The Kier molecular flexibility index (Phi) is 4.41. The van der Waals surface area contributed by atoms with E-state index in [4.69, 9.17) is 20.9 Å². The number of nitrogens with two attached hydrogens (primary N) is 2. The summed E-state index contributed by atoms with van der Waals surface area (Å²) < 4.78 is 11.4. The van der Waals surface area contributed by atoms with Gasteiger partial charge in [0.25, 0.3) is 5.91 Å². The van der Waals surface area contributed by atoms with Crippen LogP contribution in [0, 0.1) is 0 Å². The fourth-order valence-electron chi connectivity index (χ4n) is 2.51. The number of fused-ring (bicyclic) bond motifs is 1. The van der Waals surface area contributed by atoms with E-state index >= 15 is 0 Å². The van der Waals surface area contributed by atoms with Crippen molar-refractivity contribution in [2.75, 3.05) is 29.5 Å². The van der Waals surface area contributed by atoms with Gasteiger partial charge in [0.2, 0.25) is 0 Å². The first-order valence-electron chi connectivity index (χ1n) is 7.81. The summed E-state index contributed by atoms with van der Waals surface area (Å²) in [6, 6.07) is 10.5. The molecule has 1 unspecified atom stereocenters. The maximum atomic E-state index is 12.6. The van der Waals surface area contributed by atoms with Crippen LogP contribution in [0.25, 0.3) is 0 Å². The molecule has 0 spiro atoms. The Morgan fingerprint density at radius 2 is 1.96 bits per heavy atom. The summed E-state index contributed by atoms with van der Waals surface area (Å²) in [5, 5.41) is 0. The molecule has 0 bridgehead atoms. The van der Waals surface area contributed by atoms with Gasteiger partial charge in [-0.05, 0) is 42.8 Å². The molecule has 0 saturated heterocycles. The first kappa shape index (κ1) is 15.9. The van der Waals surface area contributed by atoms with Crippen molar-refractivity contribution in [3.05, 3.63) is 36.4 Å². The summed E-state index contributed by atoms with van der Waals surface area (Å²) in [4.78, 5) is 18.4. The largest absolute Gasteiger partial charge is 0.492 e. The van der Waals surface area contributed by atoms with Crippen molar-refractivity contribution >= 4 is 23.2 Å². The molecule has 0 fully saturated rings. The number of benzene rings is 1. The van der Waals surface area contributed by atoms with Gasteiger partial charge < -0.3 is 20.9 Å². The van der Waals surface area contributed by atoms with E-state index in [1.54, 1.807) is 41.3 Å². The molecule has 3 rings (SSSR count). The smallest absolute Gasteiger partial charge is 0.269 e. The Bertz CT molecular complexity index is 733. The number of hydrogen-bond acceptors (Lipinski definition) is 6. The van der Waals surface area contributed by atoms with Gasteiger partial charge in [-0.25, -0.2) is 4.98 Å². The Labute approximate surface area is 140 Å². The van der Waals surface area contributed by atoms with Crippen LogP contribution in [0.3, 0.4) is 0 Å². The van der Waals surface area contributed by atoms with Crippen molar-refractivity contribution in [3.63, 3.8) is 0 Å². The van der Waals surface area contributed by atoms with Gasteiger partial charge in [0.15, 0.2) is 17.7 Å². The highest BCUT2D eigenvalue weighted by atomic mass is 16.5. The van der Waals surface area contributed by atoms with Crippen LogP contribution in [-0.2, 0) is 4.79 Å². The van der Waals surface area contributed by atoms with E-state index in [9.17, 15) is 4.79 Å². The van der Waals surface area contributed by atoms with Crippen LogP contribution in [-0.4, -0.2) is 30.1 Å².